The molecule has 0 fully saturated rings. The van der Waals surface area contributed by atoms with Crippen LogP contribution in [0.4, 0.5) is 0 Å². The highest BCUT2D eigenvalue weighted by atomic mass is 32.2. The van der Waals surface area contributed by atoms with E-state index in [-0.39, 0.29) is 11.7 Å². The van der Waals surface area contributed by atoms with E-state index >= 15 is 0 Å². The lowest BCUT2D eigenvalue weighted by Gasteiger charge is -2.07. The van der Waals surface area contributed by atoms with Gasteiger partial charge in [0.1, 0.15) is 6.61 Å². The van der Waals surface area contributed by atoms with E-state index in [1.807, 2.05) is 0 Å². The Labute approximate surface area is 97.3 Å². The molecule has 0 radical (unpaired) electrons. The highest BCUT2D eigenvalue weighted by Crippen LogP contribution is 1.98. The van der Waals surface area contributed by atoms with Gasteiger partial charge in [-0.1, -0.05) is 25.6 Å². The molecule has 0 aromatic rings. The SMILES string of the molecule is CSC(=O)COCCCCCNC(C)C. The highest BCUT2D eigenvalue weighted by molar-refractivity contribution is 8.13. The van der Waals surface area contributed by atoms with E-state index in [4.69, 9.17) is 4.74 Å². The molecule has 0 rings (SSSR count). The number of carbonyl (C=O) groups is 1. The third-order valence-electron chi connectivity index (χ3n) is 1.97. The number of nitrogens with one attached hydrogen (secondary N) is 1. The third kappa shape index (κ3) is 11.9. The Hall–Kier alpha value is -0.0600. The maximum absolute atomic E-state index is 10.8. The monoisotopic (exact) mass is 233 g/mol. The predicted molar refractivity (Wildman–Crippen MR) is 66.3 cm³/mol. The van der Waals surface area contributed by atoms with Gasteiger partial charge in [-0.2, -0.15) is 0 Å². The molecule has 0 aromatic heterocycles. The molecule has 90 valence electrons. The van der Waals surface area contributed by atoms with E-state index < -0.39 is 0 Å². The lowest BCUT2D eigenvalue weighted by atomic mass is 10.2. The van der Waals surface area contributed by atoms with Crippen LogP contribution in [-0.4, -0.2) is 37.2 Å². The van der Waals surface area contributed by atoms with Crippen molar-refractivity contribution in [1.82, 2.24) is 5.32 Å². The molecular weight excluding hydrogens is 210 g/mol. The summed E-state index contributed by atoms with van der Waals surface area (Å²) in [5.74, 6) is 0. The fraction of sp³-hybridized carbons (Fsp3) is 0.909. The molecule has 0 saturated heterocycles. The Morgan fingerprint density at radius 1 is 1.33 bits per heavy atom. The van der Waals surface area contributed by atoms with E-state index in [1.54, 1.807) is 6.26 Å². The Balaban J connectivity index is 3.02. The van der Waals surface area contributed by atoms with Crippen LogP contribution in [0.5, 0.6) is 0 Å². The minimum atomic E-state index is 0.108. The first-order valence-electron chi connectivity index (χ1n) is 5.54. The maximum atomic E-state index is 10.8. The van der Waals surface area contributed by atoms with Crippen molar-refractivity contribution in [3.63, 3.8) is 0 Å². The van der Waals surface area contributed by atoms with Crippen LogP contribution < -0.4 is 5.32 Å². The number of thioether (sulfide) groups is 1. The molecule has 3 nitrogen and oxygen atoms in total. The van der Waals surface area contributed by atoms with Crippen LogP contribution in [0.3, 0.4) is 0 Å². The van der Waals surface area contributed by atoms with E-state index in [9.17, 15) is 4.79 Å². The molecule has 1 N–H and O–H groups in total. The minimum Gasteiger partial charge on any atom is -0.373 e. The molecule has 15 heavy (non-hydrogen) atoms. The van der Waals surface area contributed by atoms with Gasteiger partial charge in [-0.05, 0) is 32.1 Å². The summed E-state index contributed by atoms with van der Waals surface area (Å²) in [5, 5.41) is 3.47. The van der Waals surface area contributed by atoms with Crippen LogP contribution >= 0.6 is 11.8 Å². The molecule has 0 heterocycles. The molecule has 0 aromatic carbocycles. The first kappa shape index (κ1) is 14.9. The van der Waals surface area contributed by atoms with Crippen LogP contribution in [0, 0.1) is 0 Å². The first-order valence-corrected chi connectivity index (χ1v) is 6.77. The molecule has 4 heteroatoms. The maximum Gasteiger partial charge on any atom is 0.214 e. The Morgan fingerprint density at radius 2 is 2.07 bits per heavy atom. The van der Waals surface area contributed by atoms with Gasteiger partial charge in [0.2, 0.25) is 5.12 Å². The van der Waals surface area contributed by atoms with Crippen LogP contribution in [-0.2, 0) is 9.53 Å². The molecule has 0 amide bonds. The standard InChI is InChI=1S/C11H23NO2S/c1-10(2)12-7-5-4-6-8-14-9-11(13)15-3/h10,12H,4-9H2,1-3H3. The van der Waals surface area contributed by atoms with Crippen molar-refractivity contribution >= 4 is 16.9 Å². The normalized spacial score (nSPS) is 10.9. The molecule has 0 unspecified atom stereocenters. The number of carbonyl (C=O) groups excluding carboxylic acids is 1. The summed E-state index contributed by atoms with van der Waals surface area (Å²) in [6, 6.07) is 0.570. The number of hydrogen-bond donors (Lipinski definition) is 1. The largest absolute Gasteiger partial charge is 0.373 e. The van der Waals surface area contributed by atoms with Gasteiger partial charge in [0.25, 0.3) is 0 Å². The van der Waals surface area contributed by atoms with Gasteiger partial charge in [0, 0.05) is 12.6 Å². The third-order valence-corrected chi connectivity index (χ3v) is 2.54. The van der Waals surface area contributed by atoms with E-state index in [0.717, 1.165) is 19.4 Å². The second-order valence-electron chi connectivity index (χ2n) is 3.80. The van der Waals surface area contributed by atoms with E-state index in [1.165, 1.54) is 18.2 Å². The zero-order valence-corrected chi connectivity index (χ0v) is 10.9. The van der Waals surface area contributed by atoms with Crippen molar-refractivity contribution in [3.8, 4) is 0 Å². The second kappa shape index (κ2) is 10.5. The van der Waals surface area contributed by atoms with Crippen LogP contribution in [0.1, 0.15) is 33.1 Å². The average molecular weight is 233 g/mol. The fourth-order valence-corrected chi connectivity index (χ4v) is 1.31. The molecule has 0 atom stereocenters. The number of unbranched alkanes of at least 4 members (excludes halogenated alkanes) is 2. The summed E-state index contributed by atoms with van der Waals surface area (Å²) >= 11 is 1.23. The number of ether oxygens (including phenoxy) is 1. The van der Waals surface area contributed by atoms with Gasteiger partial charge >= 0.3 is 0 Å². The topological polar surface area (TPSA) is 38.3 Å². The van der Waals surface area contributed by atoms with Crippen molar-refractivity contribution in [3.05, 3.63) is 0 Å². The minimum absolute atomic E-state index is 0.108. The summed E-state index contributed by atoms with van der Waals surface area (Å²) in [5.41, 5.74) is 0. The summed E-state index contributed by atoms with van der Waals surface area (Å²) < 4.78 is 5.22. The lowest BCUT2D eigenvalue weighted by Crippen LogP contribution is -2.23. The van der Waals surface area contributed by atoms with Gasteiger partial charge in [-0.15, -0.1) is 0 Å². The molecule has 0 aliphatic carbocycles. The molecule has 0 spiro atoms. The van der Waals surface area contributed by atoms with Crippen LogP contribution in [0.15, 0.2) is 0 Å². The van der Waals surface area contributed by atoms with Crippen LogP contribution in [0.25, 0.3) is 0 Å². The highest BCUT2D eigenvalue weighted by Gasteiger charge is 1.98. The van der Waals surface area contributed by atoms with Crippen molar-refractivity contribution in [2.75, 3.05) is 26.0 Å². The van der Waals surface area contributed by atoms with E-state index in [2.05, 4.69) is 19.2 Å². The summed E-state index contributed by atoms with van der Waals surface area (Å²) in [6.07, 6.45) is 5.16. The van der Waals surface area contributed by atoms with Gasteiger partial charge in [0.05, 0.1) is 0 Å². The summed E-state index contributed by atoms with van der Waals surface area (Å²) in [4.78, 5) is 10.8. The van der Waals surface area contributed by atoms with Crippen molar-refractivity contribution in [1.29, 1.82) is 0 Å². The zero-order chi connectivity index (χ0) is 11.5. The second-order valence-corrected chi connectivity index (χ2v) is 4.66. The molecule has 0 aliphatic rings. The zero-order valence-electron chi connectivity index (χ0n) is 10.0. The summed E-state index contributed by atoms with van der Waals surface area (Å²) in [7, 11) is 0. The molecular formula is C11H23NO2S. The predicted octanol–water partition coefficient (Wildman–Crippen LogP) is 2.06. The van der Waals surface area contributed by atoms with E-state index in [0.29, 0.717) is 12.6 Å². The summed E-state index contributed by atoms with van der Waals surface area (Å²) in [6.45, 7) is 6.33. The Kier molecular flexibility index (Phi) is 10.4. The van der Waals surface area contributed by atoms with Crippen molar-refractivity contribution < 1.29 is 9.53 Å². The van der Waals surface area contributed by atoms with Gasteiger partial charge in [0.15, 0.2) is 0 Å². The van der Waals surface area contributed by atoms with Gasteiger partial charge in [-0.3, -0.25) is 4.79 Å². The molecule has 0 bridgehead atoms. The van der Waals surface area contributed by atoms with Crippen molar-refractivity contribution in [2.45, 2.75) is 39.2 Å². The smallest absolute Gasteiger partial charge is 0.214 e. The van der Waals surface area contributed by atoms with Gasteiger partial charge in [-0.25, -0.2) is 0 Å². The van der Waals surface area contributed by atoms with Gasteiger partial charge < -0.3 is 10.1 Å². The molecule has 0 aliphatic heterocycles. The van der Waals surface area contributed by atoms with Crippen molar-refractivity contribution in [2.24, 2.45) is 0 Å². The lowest BCUT2D eigenvalue weighted by molar-refractivity contribution is -0.115. The quantitative estimate of drug-likeness (QED) is 0.619. The number of rotatable bonds is 9. The Morgan fingerprint density at radius 3 is 2.67 bits per heavy atom. The first-order chi connectivity index (χ1) is 7.16. The van der Waals surface area contributed by atoms with Crippen LogP contribution in [0.2, 0.25) is 0 Å². The molecule has 0 saturated carbocycles. The Bertz CT molecular complexity index is 163. The number of hydrogen-bond acceptors (Lipinski definition) is 4. The average Bonchev–Trinajstić information content (AvgIpc) is 2.21. The fourth-order valence-electron chi connectivity index (χ4n) is 1.11.